The van der Waals surface area contributed by atoms with Gasteiger partial charge in [0, 0.05) is 27.5 Å². The highest BCUT2D eigenvalue weighted by molar-refractivity contribution is 6.17. The molecule has 0 atom stereocenters. The normalized spacial score (nSPS) is 11.8. The van der Waals surface area contributed by atoms with Gasteiger partial charge in [0.05, 0.1) is 0 Å². The molecule has 2 aromatic heterocycles. The Labute approximate surface area is 304 Å². The Morgan fingerprint density at radius 2 is 0.849 bits per heavy atom. The Bertz CT molecular complexity index is 3230. The van der Waals surface area contributed by atoms with Crippen LogP contribution in [-0.4, -0.2) is 15.0 Å². The lowest BCUT2D eigenvalue weighted by Crippen LogP contribution is -2.00. The van der Waals surface area contributed by atoms with E-state index >= 15 is 0 Å². The minimum absolute atomic E-state index is 0.603. The van der Waals surface area contributed by atoms with Crippen molar-refractivity contribution >= 4 is 65.0 Å². The lowest BCUT2D eigenvalue weighted by molar-refractivity contribution is 0.669. The molecule has 11 aromatic rings. The van der Waals surface area contributed by atoms with Gasteiger partial charge in [0.25, 0.3) is 0 Å². The van der Waals surface area contributed by atoms with E-state index in [2.05, 4.69) is 146 Å². The van der Waals surface area contributed by atoms with E-state index in [1.165, 1.54) is 43.3 Å². The average Bonchev–Trinajstić information content (AvgIpc) is 3.62. The Hall–Kier alpha value is -7.17. The van der Waals surface area contributed by atoms with Gasteiger partial charge in [0.15, 0.2) is 17.5 Å². The molecule has 4 heteroatoms. The van der Waals surface area contributed by atoms with Gasteiger partial charge >= 0.3 is 0 Å². The first-order valence-electron chi connectivity index (χ1n) is 17.8. The molecule has 0 bridgehead atoms. The molecular formula is C49H29N3O. The molecular weight excluding hydrogens is 647 g/mol. The van der Waals surface area contributed by atoms with Crippen LogP contribution in [0.1, 0.15) is 0 Å². The Balaban J connectivity index is 1.08. The van der Waals surface area contributed by atoms with E-state index in [4.69, 9.17) is 19.4 Å². The first-order chi connectivity index (χ1) is 26.2. The van der Waals surface area contributed by atoms with Gasteiger partial charge in [-0.05, 0) is 78.5 Å². The molecule has 11 rings (SSSR count). The van der Waals surface area contributed by atoms with Gasteiger partial charge in [-0.2, -0.15) is 0 Å². The van der Waals surface area contributed by atoms with Crippen LogP contribution in [0.15, 0.2) is 180 Å². The molecule has 0 saturated heterocycles. The largest absolute Gasteiger partial charge is 0.456 e. The summed E-state index contributed by atoms with van der Waals surface area (Å²) >= 11 is 0. The fraction of sp³-hybridized carbons (Fsp3) is 0. The van der Waals surface area contributed by atoms with E-state index in [1.807, 2.05) is 30.3 Å². The maximum Gasteiger partial charge on any atom is 0.164 e. The SMILES string of the molecule is c1ccc2cc(-c3ccc(-c4nc(-c5ccc6c(ccc7c8ccccc8ccc67)c5)nc(-c5cccc6oc7ccccc7c56)n4)cc3)ccc2c1. The van der Waals surface area contributed by atoms with E-state index in [0.717, 1.165) is 49.6 Å². The van der Waals surface area contributed by atoms with Crippen LogP contribution in [-0.2, 0) is 0 Å². The second-order valence-electron chi connectivity index (χ2n) is 13.6. The quantitative estimate of drug-likeness (QED) is 0.174. The summed E-state index contributed by atoms with van der Waals surface area (Å²) in [6.07, 6.45) is 0. The number of hydrogen-bond donors (Lipinski definition) is 0. The van der Waals surface area contributed by atoms with Crippen molar-refractivity contribution in [1.29, 1.82) is 0 Å². The molecule has 0 unspecified atom stereocenters. The summed E-state index contributed by atoms with van der Waals surface area (Å²) < 4.78 is 6.27. The van der Waals surface area contributed by atoms with Crippen molar-refractivity contribution in [2.75, 3.05) is 0 Å². The maximum absolute atomic E-state index is 6.27. The second-order valence-corrected chi connectivity index (χ2v) is 13.6. The van der Waals surface area contributed by atoms with Crippen LogP contribution in [0.2, 0.25) is 0 Å². The van der Waals surface area contributed by atoms with Crippen molar-refractivity contribution < 1.29 is 4.42 Å². The standard InChI is InChI=1S/C49H29N3O/c1-2-10-34-28-35(21-18-30(34)8-1)31-16-19-33(20-17-31)47-50-48(52-49(51-47)43-13-7-15-45-46(43)42-12-5-6-14-44(42)53-45)37-24-25-39-36(29-37)23-27-40-38-11-4-3-9-32(38)22-26-41(39)40/h1-29H. The van der Waals surface area contributed by atoms with Crippen LogP contribution in [0.3, 0.4) is 0 Å². The molecule has 246 valence electrons. The van der Waals surface area contributed by atoms with Crippen molar-refractivity contribution in [2.45, 2.75) is 0 Å². The van der Waals surface area contributed by atoms with Gasteiger partial charge in [0.1, 0.15) is 11.2 Å². The first kappa shape index (κ1) is 29.5. The summed E-state index contributed by atoms with van der Waals surface area (Å²) in [5.74, 6) is 1.84. The van der Waals surface area contributed by atoms with Crippen LogP contribution in [0.5, 0.6) is 0 Å². The predicted octanol–water partition coefficient (Wildman–Crippen LogP) is 13.1. The zero-order valence-corrected chi connectivity index (χ0v) is 28.5. The highest BCUT2D eigenvalue weighted by Crippen LogP contribution is 2.38. The molecule has 2 heterocycles. The molecule has 0 aliphatic rings. The number of rotatable bonds is 4. The van der Waals surface area contributed by atoms with Crippen molar-refractivity contribution in [3.8, 4) is 45.3 Å². The molecule has 9 aromatic carbocycles. The van der Waals surface area contributed by atoms with Crippen LogP contribution in [0, 0.1) is 0 Å². The molecule has 0 fully saturated rings. The van der Waals surface area contributed by atoms with Gasteiger partial charge in [-0.15, -0.1) is 0 Å². The van der Waals surface area contributed by atoms with E-state index in [1.54, 1.807) is 0 Å². The van der Waals surface area contributed by atoms with Crippen molar-refractivity contribution in [1.82, 2.24) is 15.0 Å². The second kappa shape index (κ2) is 11.7. The van der Waals surface area contributed by atoms with Crippen molar-refractivity contribution in [3.63, 3.8) is 0 Å². The molecule has 4 nitrogen and oxygen atoms in total. The Morgan fingerprint density at radius 3 is 1.70 bits per heavy atom. The van der Waals surface area contributed by atoms with Gasteiger partial charge < -0.3 is 4.42 Å². The Kier molecular flexibility index (Phi) is 6.52. The summed E-state index contributed by atoms with van der Waals surface area (Å²) in [4.78, 5) is 15.5. The smallest absolute Gasteiger partial charge is 0.164 e. The summed E-state index contributed by atoms with van der Waals surface area (Å²) in [5.41, 5.74) is 6.70. The minimum atomic E-state index is 0.603. The molecule has 0 radical (unpaired) electrons. The van der Waals surface area contributed by atoms with E-state index in [9.17, 15) is 0 Å². The van der Waals surface area contributed by atoms with Crippen molar-refractivity contribution in [3.05, 3.63) is 176 Å². The summed E-state index contributed by atoms with van der Waals surface area (Å²) in [7, 11) is 0. The lowest BCUT2D eigenvalue weighted by atomic mass is 9.96. The van der Waals surface area contributed by atoms with Crippen LogP contribution in [0.4, 0.5) is 0 Å². The Morgan fingerprint density at radius 1 is 0.302 bits per heavy atom. The van der Waals surface area contributed by atoms with Gasteiger partial charge in [0.2, 0.25) is 0 Å². The fourth-order valence-electron chi connectivity index (χ4n) is 7.86. The number of benzene rings is 9. The molecule has 0 amide bonds. The number of para-hydroxylation sites is 1. The van der Waals surface area contributed by atoms with E-state index in [0.29, 0.717) is 17.5 Å². The highest BCUT2D eigenvalue weighted by Gasteiger charge is 2.18. The van der Waals surface area contributed by atoms with Crippen LogP contribution in [0.25, 0.3) is 110 Å². The zero-order chi connectivity index (χ0) is 34.9. The summed E-state index contributed by atoms with van der Waals surface area (Å²) in [6, 6.07) is 61.8. The van der Waals surface area contributed by atoms with Gasteiger partial charge in [-0.25, -0.2) is 15.0 Å². The number of hydrogen-bond acceptors (Lipinski definition) is 4. The van der Waals surface area contributed by atoms with Crippen LogP contribution >= 0.6 is 0 Å². The van der Waals surface area contributed by atoms with Gasteiger partial charge in [-0.1, -0.05) is 152 Å². The molecule has 0 spiro atoms. The topological polar surface area (TPSA) is 51.8 Å². The first-order valence-corrected chi connectivity index (χ1v) is 17.8. The number of fused-ring (bicyclic) bond motifs is 9. The number of nitrogens with zero attached hydrogens (tertiary/aromatic N) is 3. The zero-order valence-electron chi connectivity index (χ0n) is 28.5. The van der Waals surface area contributed by atoms with Crippen molar-refractivity contribution in [2.24, 2.45) is 0 Å². The van der Waals surface area contributed by atoms with Crippen LogP contribution < -0.4 is 0 Å². The number of aromatic nitrogens is 3. The number of furan rings is 1. The highest BCUT2D eigenvalue weighted by atomic mass is 16.3. The molecule has 53 heavy (non-hydrogen) atoms. The fourth-order valence-corrected chi connectivity index (χ4v) is 7.86. The third-order valence-corrected chi connectivity index (χ3v) is 10.5. The molecule has 0 saturated carbocycles. The van der Waals surface area contributed by atoms with E-state index < -0.39 is 0 Å². The maximum atomic E-state index is 6.27. The molecule has 0 N–H and O–H groups in total. The third kappa shape index (κ3) is 4.88. The minimum Gasteiger partial charge on any atom is -0.456 e. The molecule has 0 aliphatic carbocycles. The van der Waals surface area contributed by atoms with Gasteiger partial charge in [-0.3, -0.25) is 0 Å². The summed E-state index contributed by atoms with van der Waals surface area (Å²) in [5, 5.41) is 11.8. The predicted molar refractivity (Wildman–Crippen MR) is 219 cm³/mol. The monoisotopic (exact) mass is 675 g/mol. The third-order valence-electron chi connectivity index (χ3n) is 10.5. The molecule has 0 aliphatic heterocycles. The van der Waals surface area contributed by atoms with E-state index in [-0.39, 0.29) is 0 Å². The average molecular weight is 676 g/mol. The summed E-state index contributed by atoms with van der Waals surface area (Å²) in [6.45, 7) is 0. The lowest BCUT2D eigenvalue weighted by Gasteiger charge is -2.11.